The second-order valence-electron chi connectivity index (χ2n) is 2.78. The van der Waals surface area contributed by atoms with E-state index in [1.165, 1.54) is 12.1 Å². The number of non-ortho nitro benzene ring substituents is 1. The van der Waals surface area contributed by atoms with Gasteiger partial charge in [-0.3, -0.25) is 10.1 Å². The molecule has 0 fully saturated rings. The van der Waals surface area contributed by atoms with E-state index in [2.05, 4.69) is 5.32 Å². The molecule has 1 aromatic rings. The molecule has 0 heterocycles. The summed E-state index contributed by atoms with van der Waals surface area (Å²) in [5.41, 5.74) is 1.26. The van der Waals surface area contributed by atoms with Gasteiger partial charge in [0.2, 0.25) is 0 Å². The first kappa shape index (κ1) is 12.9. The quantitative estimate of drug-likeness (QED) is 0.617. The van der Waals surface area contributed by atoms with Crippen molar-refractivity contribution in [2.24, 2.45) is 0 Å². The van der Waals surface area contributed by atoms with Crippen LogP contribution in [0.1, 0.15) is 5.56 Å². The minimum absolute atomic E-state index is 0. The van der Waals surface area contributed by atoms with Crippen molar-refractivity contribution in [1.82, 2.24) is 5.32 Å². The van der Waals surface area contributed by atoms with Gasteiger partial charge in [0.05, 0.1) is 4.92 Å². The van der Waals surface area contributed by atoms with Crippen LogP contribution in [-0.4, -0.2) is 18.5 Å². The van der Waals surface area contributed by atoms with E-state index in [0.29, 0.717) is 0 Å². The van der Waals surface area contributed by atoms with Gasteiger partial charge >= 0.3 is 0 Å². The van der Waals surface area contributed by atoms with Gasteiger partial charge in [-0.2, -0.15) is 0 Å². The molecule has 0 atom stereocenters. The van der Waals surface area contributed by atoms with Gasteiger partial charge in [0.25, 0.3) is 5.69 Å². The maximum absolute atomic E-state index is 10.3. The third-order valence-electron chi connectivity index (χ3n) is 1.81. The molecule has 0 saturated carbocycles. The Hall–Kier alpha value is -1.13. The van der Waals surface area contributed by atoms with Gasteiger partial charge < -0.3 is 5.32 Å². The first-order chi connectivity index (χ1) is 6.24. The average Bonchev–Trinajstić information content (AvgIpc) is 2.15. The largest absolute Gasteiger partial charge is 0.319 e. The zero-order valence-corrected chi connectivity index (χ0v) is 8.71. The van der Waals surface area contributed by atoms with Crippen molar-refractivity contribution in [2.75, 3.05) is 13.6 Å². The normalized spacial score (nSPS) is 9.21. The van der Waals surface area contributed by atoms with E-state index in [-0.39, 0.29) is 23.0 Å². The Bertz CT molecular complexity index is 287. The lowest BCUT2D eigenvalue weighted by Crippen LogP contribution is -2.10. The highest BCUT2D eigenvalue weighted by Crippen LogP contribution is 2.11. The highest BCUT2D eigenvalue weighted by molar-refractivity contribution is 5.85. The second-order valence-corrected chi connectivity index (χ2v) is 2.78. The molecule has 14 heavy (non-hydrogen) atoms. The molecule has 1 N–H and O–H groups in total. The SMILES string of the molecule is CNCCc1ccc([N+](=O)[O-])cc1.Cl. The van der Waals surface area contributed by atoms with Crippen LogP contribution < -0.4 is 5.32 Å². The summed E-state index contributed by atoms with van der Waals surface area (Å²) in [7, 11) is 1.88. The molecule has 0 radical (unpaired) electrons. The summed E-state index contributed by atoms with van der Waals surface area (Å²) in [5, 5.41) is 13.3. The number of nitro groups is 1. The number of hydrogen-bond donors (Lipinski definition) is 1. The molecule has 0 amide bonds. The van der Waals surface area contributed by atoms with Crippen molar-refractivity contribution in [3.8, 4) is 0 Å². The Labute approximate surface area is 88.9 Å². The van der Waals surface area contributed by atoms with E-state index < -0.39 is 0 Å². The summed E-state index contributed by atoms with van der Waals surface area (Å²) >= 11 is 0. The number of rotatable bonds is 4. The molecule has 0 bridgehead atoms. The minimum Gasteiger partial charge on any atom is -0.319 e. The van der Waals surface area contributed by atoms with E-state index in [9.17, 15) is 10.1 Å². The van der Waals surface area contributed by atoms with Gasteiger partial charge in [-0.05, 0) is 25.6 Å². The summed E-state index contributed by atoms with van der Waals surface area (Å²) in [6, 6.07) is 6.64. The Morgan fingerprint density at radius 1 is 1.36 bits per heavy atom. The van der Waals surface area contributed by atoms with E-state index >= 15 is 0 Å². The number of hydrogen-bond acceptors (Lipinski definition) is 3. The molecule has 78 valence electrons. The first-order valence-corrected chi connectivity index (χ1v) is 4.12. The summed E-state index contributed by atoms with van der Waals surface area (Å²) in [6.07, 6.45) is 0.897. The molecular weight excluding hydrogens is 204 g/mol. The molecule has 5 heteroatoms. The standard InChI is InChI=1S/C9H12N2O2.ClH/c1-10-7-6-8-2-4-9(5-3-8)11(12)13;/h2-5,10H,6-7H2,1H3;1H. The number of nitrogens with zero attached hydrogens (tertiary/aromatic N) is 1. The van der Waals surface area contributed by atoms with Crippen LogP contribution in [0.15, 0.2) is 24.3 Å². The molecule has 0 spiro atoms. The van der Waals surface area contributed by atoms with E-state index in [0.717, 1.165) is 18.5 Å². The minimum atomic E-state index is -0.387. The van der Waals surface area contributed by atoms with Crippen LogP contribution in [-0.2, 0) is 6.42 Å². The lowest BCUT2D eigenvalue weighted by Gasteiger charge is -1.99. The van der Waals surface area contributed by atoms with Crippen molar-refractivity contribution in [3.63, 3.8) is 0 Å². The predicted octanol–water partition coefficient (Wildman–Crippen LogP) is 1.78. The molecule has 0 unspecified atom stereocenters. The molecule has 4 nitrogen and oxygen atoms in total. The van der Waals surface area contributed by atoms with Crippen molar-refractivity contribution in [1.29, 1.82) is 0 Å². The van der Waals surface area contributed by atoms with Gasteiger partial charge in [0.1, 0.15) is 0 Å². The van der Waals surface area contributed by atoms with Crippen LogP contribution >= 0.6 is 12.4 Å². The van der Waals surface area contributed by atoms with E-state index in [4.69, 9.17) is 0 Å². The van der Waals surface area contributed by atoms with E-state index in [1.807, 2.05) is 7.05 Å². The molecule has 1 aromatic carbocycles. The summed E-state index contributed by atoms with van der Waals surface area (Å²) in [5.74, 6) is 0. The van der Waals surface area contributed by atoms with Gasteiger partial charge in [-0.25, -0.2) is 0 Å². The second kappa shape index (κ2) is 6.34. The molecule has 0 aliphatic heterocycles. The maximum atomic E-state index is 10.3. The Morgan fingerprint density at radius 2 is 1.93 bits per heavy atom. The highest BCUT2D eigenvalue weighted by atomic mass is 35.5. The maximum Gasteiger partial charge on any atom is 0.269 e. The molecule has 1 rings (SSSR count). The Balaban J connectivity index is 0.00000169. The lowest BCUT2D eigenvalue weighted by molar-refractivity contribution is -0.384. The van der Waals surface area contributed by atoms with Crippen molar-refractivity contribution >= 4 is 18.1 Å². The fourth-order valence-electron chi connectivity index (χ4n) is 1.05. The summed E-state index contributed by atoms with van der Waals surface area (Å²) in [6.45, 7) is 0.887. The average molecular weight is 217 g/mol. The number of benzene rings is 1. The van der Waals surface area contributed by atoms with Gasteiger partial charge in [-0.1, -0.05) is 12.1 Å². The van der Waals surface area contributed by atoms with Crippen LogP contribution in [0, 0.1) is 10.1 Å². The number of nitro benzene ring substituents is 1. The zero-order chi connectivity index (χ0) is 9.68. The molecule has 0 aliphatic carbocycles. The van der Waals surface area contributed by atoms with Crippen LogP contribution in [0.3, 0.4) is 0 Å². The van der Waals surface area contributed by atoms with Crippen molar-refractivity contribution in [3.05, 3.63) is 39.9 Å². The van der Waals surface area contributed by atoms with Gasteiger partial charge in [-0.15, -0.1) is 12.4 Å². The number of likely N-dealkylation sites (N-methyl/N-ethyl adjacent to an activating group) is 1. The molecule has 0 aromatic heterocycles. The Morgan fingerprint density at radius 3 is 2.36 bits per heavy atom. The van der Waals surface area contributed by atoms with Gasteiger partial charge in [0, 0.05) is 12.1 Å². The number of nitrogens with one attached hydrogen (secondary N) is 1. The summed E-state index contributed by atoms with van der Waals surface area (Å²) in [4.78, 5) is 9.93. The van der Waals surface area contributed by atoms with Crippen molar-refractivity contribution < 1.29 is 4.92 Å². The highest BCUT2D eigenvalue weighted by Gasteiger charge is 2.02. The summed E-state index contributed by atoms with van der Waals surface area (Å²) < 4.78 is 0. The van der Waals surface area contributed by atoms with E-state index in [1.54, 1.807) is 12.1 Å². The predicted molar refractivity (Wildman–Crippen MR) is 58.0 cm³/mol. The van der Waals surface area contributed by atoms with Crippen LogP contribution in [0.25, 0.3) is 0 Å². The van der Waals surface area contributed by atoms with Crippen LogP contribution in [0.2, 0.25) is 0 Å². The first-order valence-electron chi connectivity index (χ1n) is 4.12. The fraction of sp³-hybridized carbons (Fsp3) is 0.333. The van der Waals surface area contributed by atoms with Crippen LogP contribution in [0.4, 0.5) is 5.69 Å². The fourth-order valence-corrected chi connectivity index (χ4v) is 1.05. The van der Waals surface area contributed by atoms with Crippen LogP contribution in [0.5, 0.6) is 0 Å². The Kier molecular flexibility index (Phi) is 5.83. The lowest BCUT2D eigenvalue weighted by atomic mass is 10.1. The van der Waals surface area contributed by atoms with Gasteiger partial charge in [0.15, 0.2) is 0 Å². The monoisotopic (exact) mass is 216 g/mol. The number of halogens is 1. The topological polar surface area (TPSA) is 55.2 Å². The molecular formula is C9H13ClN2O2. The van der Waals surface area contributed by atoms with Crippen molar-refractivity contribution in [2.45, 2.75) is 6.42 Å². The third kappa shape index (κ3) is 3.72. The zero-order valence-electron chi connectivity index (χ0n) is 7.90. The smallest absolute Gasteiger partial charge is 0.269 e. The molecule has 0 saturated heterocycles. The third-order valence-corrected chi connectivity index (χ3v) is 1.81. The molecule has 0 aliphatic rings.